The van der Waals surface area contributed by atoms with E-state index in [4.69, 9.17) is 13.9 Å². The van der Waals surface area contributed by atoms with Gasteiger partial charge in [-0.3, -0.25) is 4.79 Å². The van der Waals surface area contributed by atoms with E-state index in [1.165, 1.54) is 6.07 Å². The van der Waals surface area contributed by atoms with Gasteiger partial charge in [-0.1, -0.05) is 12.1 Å². The zero-order valence-electron chi connectivity index (χ0n) is 16.5. The van der Waals surface area contributed by atoms with E-state index in [0.29, 0.717) is 16.9 Å². The SMILES string of the molecule is Cc1cc(=O)oc2cc(OCc3ccc(C(=O)OCC(=O)NC4CC4)cc3)ccc12. The van der Waals surface area contributed by atoms with Gasteiger partial charge in [0, 0.05) is 23.6 Å². The van der Waals surface area contributed by atoms with Crippen molar-refractivity contribution in [2.75, 3.05) is 6.61 Å². The minimum absolute atomic E-state index is 0.234. The van der Waals surface area contributed by atoms with Crippen molar-refractivity contribution in [1.82, 2.24) is 5.32 Å². The Morgan fingerprint density at radius 3 is 2.60 bits per heavy atom. The number of amides is 1. The average molecular weight is 407 g/mol. The van der Waals surface area contributed by atoms with Crippen LogP contribution in [0.25, 0.3) is 11.0 Å². The van der Waals surface area contributed by atoms with Crippen molar-refractivity contribution in [2.45, 2.75) is 32.4 Å². The summed E-state index contributed by atoms with van der Waals surface area (Å²) in [5.74, 6) is -0.257. The highest BCUT2D eigenvalue weighted by atomic mass is 16.5. The minimum atomic E-state index is -0.548. The number of hydrogen-bond donors (Lipinski definition) is 1. The summed E-state index contributed by atoms with van der Waals surface area (Å²) in [6, 6.07) is 13.8. The van der Waals surface area contributed by atoms with Crippen LogP contribution in [0.2, 0.25) is 0 Å². The lowest BCUT2D eigenvalue weighted by Gasteiger charge is -2.09. The predicted molar refractivity (Wildman–Crippen MR) is 109 cm³/mol. The average Bonchev–Trinajstić information content (AvgIpc) is 3.54. The molecule has 0 unspecified atom stereocenters. The quantitative estimate of drug-likeness (QED) is 0.478. The van der Waals surface area contributed by atoms with Crippen molar-refractivity contribution in [3.05, 3.63) is 75.6 Å². The maximum Gasteiger partial charge on any atom is 0.338 e. The van der Waals surface area contributed by atoms with Crippen molar-refractivity contribution in [1.29, 1.82) is 0 Å². The number of carbonyl (C=O) groups is 2. The van der Waals surface area contributed by atoms with Crippen LogP contribution in [0.3, 0.4) is 0 Å². The van der Waals surface area contributed by atoms with Gasteiger partial charge in [-0.25, -0.2) is 9.59 Å². The molecular weight excluding hydrogens is 386 g/mol. The zero-order chi connectivity index (χ0) is 21.1. The van der Waals surface area contributed by atoms with Gasteiger partial charge in [0.2, 0.25) is 0 Å². The summed E-state index contributed by atoms with van der Waals surface area (Å²) in [5.41, 5.74) is 2.14. The first-order valence-corrected chi connectivity index (χ1v) is 9.71. The van der Waals surface area contributed by atoms with Crippen molar-refractivity contribution < 1.29 is 23.5 Å². The van der Waals surface area contributed by atoms with E-state index in [9.17, 15) is 14.4 Å². The molecule has 0 radical (unpaired) electrons. The lowest BCUT2D eigenvalue weighted by atomic mass is 10.1. The van der Waals surface area contributed by atoms with Gasteiger partial charge in [-0.2, -0.15) is 0 Å². The van der Waals surface area contributed by atoms with Gasteiger partial charge in [-0.05, 0) is 55.2 Å². The van der Waals surface area contributed by atoms with Gasteiger partial charge in [-0.15, -0.1) is 0 Å². The van der Waals surface area contributed by atoms with E-state index >= 15 is 0 Å². The Kier molecular flexibility index (Phi) is 5.52. The summed E-state index contributed by atoms with van der Waals surface area (Å²) < 4.78 is 16.0. The van der Waals surface area contributed by atoms with Crippen molar-refractivity contribution >= 4 is 22.8 Å². The number of esters is 1. The second-order valence-electron chi connectivity index (χ2n) is 7.31. The first-order chi connectivity index (χ1) is 14.5. The van der Waals surface area contributed by atoms with Crippen LogP contribution >= 0.6 is 0 Å². The number of benzene rings is 2. The van der Waals surface area contributed by atoms with Crippen molar-refractivity contribution in [3.63, 3.8) is 0 Å². The fraction of sp³-hybridized carbons (Fsp3) is 0.261. The molecule has 1 aliphatic rings. The fourth-order valence-electron chi connectivity index (χ4n) is 3.01. The van der Waals surface area contributed by atoms with Gasteiger partial charge in [0.25, 0.3) is 5.91 Å². The molecule has 1 fully saturated rings. The molecular formula is C23H21NO6. The number of aryl methyl sites for hydroxylation is 1. The highest BCUT2D eigenvalue weighted by molar-refractivity contribution is 5.91. The maximum absolute atomic E-state index is 12.1. The molecule has 7 nitrogen and oxygen atoms in total. The van der Waals surface area contributed by atoms with Crippen LogP contribution in [0.4, 0.5) is 0 Å². The molecule has 4 rings (SSSR count). The molecule has 1 aliphatic carbocycles. The van der Waals surface area contributed by atoms with E-state index in [0.717, 1.165) is 29.4 Å². The van der Waals surface area contributed by atoms with E-state index < -0.39 is 11.6 Å². The molecule has 30 heavy (non-hydrogen) atoms. The third kappa shape index (κ3) is 4.86. The smallest absolute Gasteiger partial charge is 0.338 e. The molecule has 0 aliphatic heterocycles. The van der Waals surface area contributed by atoms with Crippen molar-refractivity contribution in [3.8, 4) is 5.75 Å². The molecule has 154 valence electrons. The summed E-state index contributed by atoms with van der Waals surface area (Å²) in [7, 11) is 0. The van der Waals surface area contributed by atoms with Crippen LogP contribution in [-0.2, 0) is 16.1 Å². The summed E-state index contributed by atoms with van der Waals surface area (Å²) in [4.78, 5) is 35.2. The second kappa shape index (κ2) is 8.41. The Hall–Kier alpha value is -3.61. The van der Waals surface area contributed by atoms with Crippen LogP contribution in [0.15, 0.2) is 57.7 Å². The summed E-state index contributed by atoms with van der Waals surface area (Å²) in [6.07, 6.45) is 1.97. The number of fused-ring (bicyclic) bond motifs is 1. The maximum atomic E-state index is 12.1. The largest absolute Gasteiger partial charge is 0.489 e. The molecule has 2 aromatic carbocycles. The van der Waals surface area contributed by atoms with Gasteiger partial charge in [0.15, 0.2) is 6.61 Å². The highest BCUT2D eigenvalue weighted by Crippen LogP contribution is 2.23. The number of nitrogens with one attached hydrogen (secondary N) is 1. The van der Waals surface area contributed by atoms with Crippen LogP contribution in [0, 0.1) is 6.92 Å². The Labute approximate surface area is 172 Å². The van der Waals surface area contributed by atoms with Crippen LogP contribution < -0.4 is 15.7 Å². The Balaban J connectivity index is 1.33. The van der Waals surface area contributed by atoms with E-state index in [1.807, 2.05) is 19.1 Å². The zero-order valence-corrected chi connectivity index (χ0v) is 16.5. The molecule has 1 saturated carbocycles. The van der Waals surface area contributed by atoms with Crippen molar-refractivity contribution in [2.24, 2.45) is 0 Å². The van der Waals surface area contributed by atoms with Crippen LogP contribution in [0.5, 0.6) is 5.75 Å². The topological polar surface area (TPSA) is 94.8 Å². The number of carbonyl (C=O) groups excluding carboxylic acids is 2. The number of rotatable bonds is 7. The molecule has 0 saturated heterocycles. The molecule has 0 atom stereocenters. The lowest BCUT2D eigenvalue weighted by molar-refractivity contribution is -0.124. The highest BCUT2D eigenvalue weighted by Gasteiger charge is 2.23. The molecule has 1 amide bonds. The Morgan fingerprint density at radius 2 is 1.87 bits per heavy atom. The standard InChI is InChI=1S/C23H21NO6/c1-14-10-22(26)30-20-11-18(8-9-19(14)20)28-12-15-2-4-16(5-3-15)23(27)29-13-21(25)24-17-6-7-17/h2-5,8-11,17H,6-7,12-13H2,1H3,(H,24,25). The second-order valence-corrected chi connectivity index (χ2v) is 7.31. The molecule has 1 N–H and O–H groups in total. The van der Waals surface area contributed by atoms with Gasteiger partial charge in [0.1, 0.15) is 17.9 Å². The van der Waals surface area contributed by atoms with Gasteiger partial charge >= 0.3 is 11.6 Å². The number of ether oxygens (including phenoxy) is 2. The summed E-state index contributed by atoms with van der Waals surface area (Å²) in [6.45, 7) is 1.85. The monoisotopic (exact) mass is 407 g/mol. The minimum Gasteiger partial charge on any atom is -0.489 e. The van der Waals surface area contributed by atoms with Crippen LogP contribution in [0.1, 0.15) is 34.3 Å². The summed E-state index contributed by atoms with van der Waals surface area (Å²) >= 11 is 0. The van der Waals surface area contributed by atoms with Gasteiger partial charge in [0.05, 0.1) is 5.56 Å². The molecule has 3 aromatic rings. The molecule has 7 heteroatoms. The van der Waals surface area contributed by atoms with Gasteiger partial charge < -0.3 is 19.2 Å². The Morgan fingerprint density at radius 1 is 1.10 bits per heavy atom. The summed E-state index contributed by atoms with van der Waals surface area (Å²) in [5, 5.41) is 3.62. The normalized spacial score (nSPS) is 13.1. The molecule has 0 spiro atoms. The predicted octanol–water partition coefficient (Wildman–Crippen LogP) is 3.12. The molecule has 0 bridgehead atoms. The Bertz CT molecular complexity index is 1140. The molecule has 1 heterocycles. The first kappa shape index (κ1) is 19.7. The molecule has 1 aromatic heterocycles. The number of hydrogen-bond acceptors (Lipinski definition) is 6. The van der Waals surface area contributed by atoms with E-state index in [-0.39, 0.29) is 25.2 Å². The first-order valence-electron chi connectivity index (χ1n) is 9.71. The van der Waals surface area contributed by atoms with Crippen LogP contribution in [-0.4, -0.2) is 24.5 Å². The van der Waals surface area contributed by atoms with E-state index in [2.05, 4.69) is 5.32 Å². The fourth-order valence-corrected chi connectivity index (χ4v) is 3.01. The van der Waals surface area contributed by atoms with E-state index in [1.54, 1.807) is 30.3 Å². The lowest BCUT2D eigenvalue weighted by Crippen LogP contribution is -2.30. The third-order valence-electron chi connectivity index (χ3n) is 4.79. The third-order valence-corrected chi connectivity index (χ3v) is 4.79.